The highest BCUT2D eigenvalue weighted by atomic mass is 32.2. The minimum atomic E-state index is 0.826. The summed E-state index contributed by atoms with van der Waals surface area (Å²) in [4.78, 5) is 0. The van der Waals surface area contributed by atoms with E-state index in [0.717, 1.165) is 37.1 Å². The van der Waals surface area contributed by atoms with E-state index in [1.165, 1.54) is 30.6 Å². The molecule has 1 heterocycles. The second-order valence-corrected chi connectivity index (χ2v) is 6.52. The molecule has 1 atom stereocenters. The molecule has 1 aliphatic heterocycles. The number of unbranched alkanes of at least 4 members (excludes halogenated alkanes) is 1. The minimum Gasteiger partial charge on any atom is -0.494 e. The monoisotopic (exact) mass is 279 g/mol. The van der Waals surface area contributed by atoms with Gasteiger partial charge in [-0.05, 0) is 42.7 Å². The van der Waals surface area contributed by atoms with Crippen LogP contribution in [0.5, 0.6) is 5.75 Å². The molecule has 1 saturated heterocycles. The van der Waals surface area contributed by atoms with Crippen molar-refractivity contribution in [1.29, 1.82) is 0 Å². The van der Waals surface area contributed by atoms with Crippen LogP contribution in [0.4, 0.5) is 0 Å². The van der Waals surface area contributed by atoms with Crippen molar-refractivity contribution in [3.8, 4) is 5.75 Å². The molecule has 0 saturated carbocycles. The number of benzene rings is 1. The van der Waals surface area contributed by atoms with Gasteiger partial charge in [0.2, 0.25) is 0 Å². The second-order valence-electron chi connectivity index (χ2n) is 5.11. The Labute approximate surface area is 121 Å². The number of nitrogens with one attached hydrogen (secondary N) is 1. The Morgan fingerprint density at radius 2 is 2.16 bits per heavy atom. The second kappa shape index (κ2) is 8.49. The Balaban J connectivity index is 1.66. The molecule has 19 heavy (non-hydrogen) atoms. The Kier molecular flexibility index (Phi) is 6.58. The highest BCUT2D eigenvalue weighted by Gasteiger charge is 2.14. The molecule has 2 rings (SSSR count). The lowest BCUT2D eigenvalue weighted by atomic mass is 10.2. The van der Waals surface area contributed by atoms with Gasteiger partial charge in [0.25, 0.3) is 0 Å². The van der Waals surface area contributed by atoms with Crippen molar-refractivity contribution in [2.24, 2.45) is 0 Å². The van der Waals surface area contributed by atoms with Crippen LogP contribution < -0.4 is 10.1 Å². The lowest BCUT2D eigenvalue weighted by Gasteiger charge is -2.10. The molecular formula is C16H25NOS. The molecule has 2 nitrogen and oxygen atoms in total. The van der Waals surface area contributed by atoms with E-state index < -0.39 is 0 Å². The average molecular weight is 279 g/mol. The van der Waals surface area contributed by atoms with E-state index in [-0.39, 0.29) is 0 Å². The van der Waals surface area contributed by atoms with Crippen LogP contribution in [0.3, 0.4) is 0 Å². The molecule has 1 N–H and O–H groups in total. The summed E-state index contributed by atoms with van der Waals surface area (Å²) in [6.45, 7) is 5.11. The summed E-state index contributed by atoms with van der Waals surface area (Å²) in [5.41, 5.74) is 1.34. The van der Waals surface area contributed by atoms with Gasteiger partial charge in [0.05, 0.1) is 6.61 Å². The topological polar surface area (TPSA) is 21.3 Å². The third-order valence-electron chi connectivity index (χ3n) is 3.42. The van der Waals surface area contributed by atoms with Crippen molar-refractivity contribution in [1.82, 2.24) is 5.32 Å². The fraction of sp³-hybridized carbons (Fsp3) is 0.625. The van der Waals surface area contributed by atoms with E-state index in [2.05, 4.69) is 48.3 Å². The SMILES string of the molecule is CCCCOc1ccc(CNCC2CCCS2)cc1. The van der Waals surface area contributed by atoms with Crippen LogP contribution >= 0.6 is 11.8 Å². The molecular weight excluding hydrogens is 254 g/mol. The molecule has 3 heteroatoms. The number of thioether (sulfide) groups is 1. The average Bonchev–Trinajstić information content (AvgIpc) is 2.94. The molecule has 1 aromatic rings. The third kappa shape index (κ3) is 5.45. The molecule has 0 amide bonds. The molecule has 1 aliphatic rings. The van der Waals surface area contributed by atoms with E-state index in [0.29, 0.717) is 0 Å². The van der Waals surface area contributed by atoms with Crippen molar-refractivity contribution < 1.29 is 4.74 Å². The van der Waals surface area contributed by atoms with Crippen LogP contribution in [0.1, 0.15) is 38.2 Å². The van der Waals surface area contributed by atoms with Gasteiger partial charge in [-0.2, -0.15) is 11.8 Å². The van der Waals surface area contributed by atoms with E-state index >= 15 is 0 Å². The lowest BCUT2D eigenvalue weighted by molar-refractivity contribution is 0.309. The van der Waals surface area contributed by atoms with Gasteiger partial charge in [-0.1, -0.05) is 25.5 Å². The van der Waals surface area contributed by atoms with Gasteiger partial charge < -0.3 is 10.1 Å². The van der Waals surface area contributed by atoms with Gasteiger partial charge in [0.15, 0.2) is 0 Å². The summed E-state index contributed by atoms with van der Waals surface area (Å²) < 4.78 is 5.66. The molecule has 0 bridgehead atoms. The zero-order valence-electron chi connectivity index (χ0n) is 11.9. The number of ether oxygens (including phenoxy) is 1. The standard InChI is InChI=1S/C16H25NOS/c1-2-3-10-18-15-8-6-14(7-9-15)12-17-13-16-5-4-11-19-16/h6-9,16-17H,2-5,10-13H2,1H3. The maximum Gasteiger partial charge on any atom is 0.119 e. The number of hydrogen-bond acceptors (Lipinski definition) is 3. The summed E-state index contributed by atoms with van der Waals surface area (Å²) in [7, 11) is 0. The van der Waals surface area contributed by atoms with Gasteiger partial charge in [-0.15, -0.1) is 0 Å². The fourth-order valence-electron chi connectivity index (χ4n) is 2.22. The predicted octanol–water partition coefficient (Wildman–Crippen LogP) is 3.85. The predicted molar refractivity (Wildman–Crippen MR) is 84.0 cm³/mol. The van der Waals surface area contributed by atoms with Crippen LogP contribution in [0.15, 0.2) is 24.3 Å². The van der Waals surface area contributed by atoms with E-state index in [9.17, 15) is 0 Å². The van der Waals surface area contributed by atoms with Gasteiger partial charge in [-0.3, -0.25) is 0 Å². The Bertz CT molecular complexity index is 346. The first-order valence-corrected chi connectivity index (χ1v) is 8.47. The first-order chi connectivity index (χ1) is 9.38. The molecule has 0 spiro atoms. The van der Waals surface area contributed by atoms with Crippen molar-refractivity contribution in [2.45, 2.75) is 44.4 Å². The Hall–Kier alpha value is -0.670. The normalized spacial score (nSPS) is 18.7. The molecule has 1 fully saturated rings. The van der Waals surface area contributed by atoms with E-state index in [4.69, 9.17) is 4.74 Å². The van der Waals surface area contributed by atoms with Gasteiger partial charge in [0, 0.05) is 18.3 Å². The summed E-state index contributed by atoms with van der Waals surface area (Å²) >= 11 is 2.11. The maximum atomic E-state index is 5.66. The fourth-order valence-corrected chi connectivity index (χ4v) is 3.46. The largest absolute Gasteiger partial charge is 0.494 e. The number of rotatable bonds is 8. The smallest absolute Gasteiger partial charge is 0.119 e. The van der Waals surface area contributed by atoms with Crippen LogP contribution in [0.25, 0.3) is 0 Å². The zero-order valence-corrected chi connectivity index (χ0v) is 12.7. The third-order valence-corrected chi connectivity index (χ3v) is 4.81. The maximum absolute atomic E-state index is 5.66. The molecule has 0 aromatic heterocycles. The van der Waals surface area contributed by atoms with Crippen LogP contribution in [0.2, 0.25) is 0 Å². The lowest BCUT2D eigenvalue weighted by Crippen LogP contribution is -2.22. The van der Waals surface area contributed by atoms with E-state index in [1.54, 1.807) is 0 Å². The highest BCUT2D eigenvalue weighted by Crippen LogP contribution is 2.25. The Morgan fingerprint density at radius 3 is 2.84 bits per heavy atom. The molecule has 0 radical (unpaired) electrons. The van der Waals surface area contributed by atoms with Crippen molar-refractivity contribution >= 4 is 11.8 Å². The van der Waals surface area contributed by atoms with Crippen molar-refractivity contribution in [3.05, 3.63) is 29.8 Å². The highest BCUT2D eigenvalue weighted by molar-refractivity contribution is 8.00. The minimum absolute atomic E-state index is 0.826. The first-order valence-electron chi connectivity index (χ1n) is 7.42. The van der Waals surface area contributed by atoms with E-state index in [1.807, 2.05) is 0 Å². The van der Waals surface area contributed by atoms with Gasteiger partial charge >= 0.3 is 0 Å². The summed E-state index contributed by atoms with van der Waals surface area (Å²) in [5.74, 6) is 2.33. The van der Waals surface area contributed by atoms with Crippen LogP contribution in [-0.2, 0) is 6.54 Å². The number of hydrogen-bond donors (Lipinski definition) is 1. The van der Waals surface area contributed by atoms with Gasteiger partial charge in [0.1, 0.15) is 5.75 Å². The summed E-state index contributed by atoms with van der Waals surface area (Å²) in [6.07, 6.45) is 5.08. The Morgan fingerprint density at radius 1 is 1.32 bits per heavy atom. The summed E-state index contributed by atoms with van der Waals surface area (Å²) in [6, 6.07) is 8.49. The molecule has 1 aromatic carbocycles. The van der Waals surface area contributed by atoms with Crippen LogP contribution in [0, 0.1) is 0 Å². The molecule has 0 aliphatic carbocycles. The quantitative estimate of drug-likeness (QED) is 0.730. The van der Waals surface area contributed by atoms with Crippen molar-refractivity contribution in [2.75, 3.05) is 18.9 Å². The zero-order chi connectivity index (χ0) is 13.3. The van der Waals surface area contributed by atoms with Crippen LogP contribution in [-0.4, -0.2) is 24.2 Å². The first kappa shape index (κ1) is 14.7. The molecule has 1 unspecified atom stereocenters. The van der Waals surface area contributed by atoms with Crippen molar-refractivity contribution in [3.63, 3.8) is 0 Å². The van der Waals surface area contributed by atoms with Gasteiger partial charge in [-0.25, -0.2) is 0 Å². The molecule has 106 valence electrons. The summed E-state index contributed by atoms with van der Waals surface area (Å²) in [5, 5.41) is 4.38.